The van der Waals surface area contributed by atoms with Crippen LogP contribution in [0, 0.1) is 0 Å². The number of aldehydes is 1. The zero-order valence-electron chi connectivity index (χ0n) is 15.0. The molecule has 1 N–H and O–H groups in total. The Hall–Kier alpha value is -1.84. The van der Waals surface area contributed by atoms with Gasteiger partial charge >= 0.3 is 5.97 Å². The van der Waals surface area contributed by atoms with Crippen molar-refractivity contribution >= 4 is 12.3 Å². The van der Waals surface area contributed by atoms with Crippen molar-refractivity contribution in [2.45, 2.75) is 65.2 Å². The molecule has 0 saturated carbocycles. The predicted molar refractivity (Wildman–Crippen MR) is 91.6 cm³/mol. The number of carbonyl (C=O) groups is 2. The van der Waals surface area contributed by atoms with E-state index in [0.29, 0.717) is 18.6 Å². The van der Waals surface area contributed by atoms with Crippen LogP contribution in [0.25, 0.3) is 0 Å². The van der Waals surface area contributed by atoms with Crippen LogP contribution in [0.5, 0.6) is 5.75 Å². The number of benzene rings is 1. The summed E-state index contributed by atoms with van der Waals surface area (Å²) in [5.74, 6) is -0.0435. The molecule has 4 heteroatoms. The minimum absolute atomic E-state index is 0.0854. The minimum Gasteiger partial charge on any atom is -0.493 e. The Morgan fingerprint density at radius 2 is 1.57 bits per heavy atom. The van der Waals surface area contributed by atoms with E-state index in [9.17, 15) is 9.59 Å². The molecule has 1 rings (SSSR count). The summed E-state index contributed by atoms with van der Waals surface area (Å²) < 4.78 is 5.99. The second kappa shape index (κ2) is 7.16. The Balaban J connectivity index is 3.31. The highest BCUT2D eigenvalue weighted by atomic mass is 16.5. The van der Waals surface area contributed by atoms with Gasteiger partial charge in [-0.3, -0.25) is 9.59 Å². The molecule has 0 aliphatic carbocycles. The Kier molecular flexibility index (Phi) is 5.98. The first-order valence-corrected chi connectivity index (χ1v) is 7.95. The maximum Gasteiger partial charge on any atom is 0.303 e. The van der Waals surface area contributed by atoms with E-state index in [1.165, 1.54) is 0 Å². The van der Waals surface area contributed by atoms with Gasteiger partial charge in [0, 0.05) is 23.1 Å². The third-order valence-corrected chi connectivity index (χ3v) is 3.64. The number of ether oxygens (including phenoxy) is 1. The number of hydrogen-bond acceptors (Lipinski definition) is 3. The number of rotatable bonds is 6. The van der Waals surface area contributed by atoms with Crippen molar-refractivity contribution in [3.8, 4) is 5.75 Å². The molecule has 1 aromatic rings. The van der Waals surface area contributed by atoms with Gasteiger partial charge in [0.2, 0.25) is 0 Å². The van der Waals surface area contributed by atoms with Gasteiger partial charge in [0.05, 0.1) is 6.61 Å². The van der Waals surface area contributed by atoms with Gasteiger partial charge < -0.3 is 9.84 Å². The molecule has 0 bridgehead atoms. The summed E-state index contributed by atoms with van der Waals surface area (Å²) in [6.45, 7) is 12.8. The number of carbonyl (C=O) groups excluding carboxylic acids is 1. The number of carboxylic acids is 1. The molecular formula is C19H28O4. The van der Waals surface area contributed by atoms with Gasteiger partial charge in [0.25, 0.3) is 0 Å². The van der Waals surface area contributed by atoms with Crippen LogP contribution in [0.2, 0.25) is 0 Å². The Morgan fingerprint density at radius 3 is 1.91 bits per heavy atom. The molecule has 1 aromatic carbocycles. The molecule has 0 unspecified atom stereocenters. The monoisotopic (exact) mass is 320 g/mol. The van der Waals surface area contributed by atoms with Crippen LogP contribution in [0.4, 0.5) is 0 Å². The van der Waals surface area contributed by atoms with Gasteiger partial charge in [-0.1, -0.05) is 41.5 Å². The van der Waals surface area contributed by atoms with E-state index in [4.69, 9.17) is 9.84 Å². The zero-order chi connectivity index (χ0) is 17.8. The lowest BCUT2D eigenvalue weighted by Crippen LogP contribution is -2.21. The summed E-state index contributed by atoms with van der Waals surface area (Å²) in [5.41, 5.74) is 2.23. The first-order valence-electron chi connectivity index (χ1n) is 7.95. The highest BCUT2D eigenvalue weighted by molar-refractivity contribution is 5.77. The Bertz CT molecular complexity index is 539. The van der Waals surface area contributed by atoms with Crippen molar-refractivity contribution in [3.05, 3.63) is 28.8 Å². The van der Waals surface area contributed by atoms with Gasteiger partial charge in [-0.05, 0) is 29.4 Å². The van der Waals surface area contributed by atoms with Gasteiger partial charge in [-0.15, -0.1) is 0 Å². The van der Waals surface area contributed by atoms with Crippen LogP contribution in [0.15, 0.2) is 12.1 Å². The summed E-state index contributed by atoms with van der Waals surface area (Å²) >= 11 is 0. The van der Waals surface area contributed by atoms with Crippen molar-refractivity contribution < 1.29 is 19.4 Å². The molecule has 0 atom stereocenters. The van der Waals surface area contributed by atoms with E-state index in [1.54, 1.807) is 0 Å². The van der Waals surface area contributed by atoms with Gasteiger partial charge in [-0.2, -0.15) is 0 Å². The molecule has 0 aliphatic heterocycles. The van der Waals surface area contributed by atoms with Crippen molar-refractivity contribution in [2.24, 2.45) is 0 Å². The normalized spacial score (nSPS) is 12.1. The second-order valence-electron chi connectivity index (χ2n) is 7.91. The van der Waals surface area contributed by atoms with Gasteiger partial charge in [-0.25, -0.2) is 0 Å². The molecule has 4 nitrogen and oxygen atoms in total. The van der Waals surface area contributed by atoms with E-state index in [1.807, 2.05) is 12.1 Å². The molecule has 0 radical (unpaired) electrons. The molecule has 23 heavy (non-hydrogen) atoms. The van der Waals surface area contributed by atoms with E-state index >= 15 is 0 Å². The topological polar surface area (TPSA) is 63.6 Å². The Labute approximate surface area is 138 Å². The second-order valence-corrected chi connectivity index (χ2v) is 7.91. The summed E-state index contributed by atoms with van der Waals surface area (Å²) in [6.07, 6.45) is 1.40. The smallest absolute Gasteiger partial charge is 0.303 e. The molecular weight excluding hydrogens is 292 g/mol. The average Bonchev–Trinajstić information content (AvgIpc) is 2.40. The van der Waals surface area contributed by atoms with E-state index in [2.05, 4.69) is 41.5 Å². The molecule has 0 saturated heterocycles. The van der Waals surface area contributed by atoms with Crippen LogP contribution in [-0.2, 0) is 15.6 Å². The summed E-state index contributed by atoms with van der Waals surface area (Å²) in [5, 5.41) is 8.75. The third kappa shape index (κ3) is 5.38. The maximum atomic E-state index is 11.3. The van der Waals surface area contributed by atoms with E-state index in [-0.39, 0.29) is 17.3 Å². The lowest BCUT2D eigenvalue weighted by atomic mass is 9.78. The first-order chi connectivity index (χ1) is 10.5. The molecule has 0 amide bonds. The lowest BCUT2D eigenvalue weighted by molar-refractivity contribution is -0.137. The molecule has 0 fully saturated rings. The summed E-state index contributed by atoms with van der Waals surface area (Å²) in [6, 6.07) is 3.74. The van der Waals surface area contributed by atoms with Gasteiger partial charge in [0.1, 0.15) is 12.0 Å². The van der Waals surface area contributed by atoms with Crippen LogP contribution >= 0.6 is 0 Å². The fraction of sp³-hybridized carbons (Fsp3) is 0.579. The van der Waals surface area contributed by atoms with Crippen molar-refractivity contribution in [1.82, 2.24) is 0 Å². The largest absolute Gasteiger partial charge is 0.493 e. The Morgan fingerprint density at radius 1 is 1.09 bits per heavy atom. The highest BCUT2D eigenvalue weighted by Gasteiger charge is 2.27. The number of carboxylic acid groups (broad SMARTS) is 1. The number of aliphatic carboxylic acids is 1. The summed E-state index contributed by atoms with van der Waals surface area (Å²) in [4.78, 5) is 22.0. The third-order valence-electron chi connectivity index (χ3n) is 3.64. The van der Waals surface area contributed by atoms with E-state index < -0.39 is 5.97 Å². The van der Waals surface area contributed by atoms with Crippen molar-refractivity contribution in [3.63, 3.8) is 0 Å². The van der Waals surface area contributed by atoms with Crippen LogP contribution in [0.3, 0.4) is 0 Å². The molecule has 0 aromatic heterocycles. The standard InChI is InChI=1S/C19H28O4/c1-18(2,3)14-10-13(12-20)11-15(19(4,5)6)17(14)23-9-7-8-16(21)22/h10-12H,7-9H2,1-6H3,(H,21,22). The predicted octanol–water partition coefficient (Wildman–Crippen LogP) is 4.34. The SMILES string of the molecule is CC(C)(C)c1cc(C=O)cc(C(C)(C)C)c1OCCCC(=O)O. The van der Waals surface area contributed by atoms with Crippen molar-refractivity contribution in [1.29, 1.82) is 0 Å². The van der Waals surface area contributed by atoms with Crippen LogP contribution < -0.4 is 4.74 Å². The first kappa shape index (κ1) is 19.2. The van der Waals surface area contributed by atoms with Crippen LogP contribution in [-0.4, -0.2) is 24.0 Å². The maximum absolute atomic E-state index is 11.3. The molecule has 0 spiro atoms. The highest BCUT2D eigenvalue weighted by Crippen LogP contribution is 2.40. The average molecular weight is 320 g/mol. The molecule has 128 valence electrons. The molecule has 0 aliphatic rings. The fourth-order valence-electron chi connectivity index (χ4n) is 2.39. The quantitative estimate of drug-likeness (QED) is 0.625. The fourth-order valence-corrected chi connectivity index (χ4v) is 2.39. The van der Waals surface area contributed by atoms with Crippen molar-refractivity contribution in [2.75, 3.05) is 6.61 Å². The molecule has 0 heterocycles. The van der Waals surface area contributed by atoms with Gasteiger partial charge in [0.15, 0.2) is 0 Å². The van der Waals surface area contributed by atoms with E-state index in [0.717, 1.165) is 23.2 Å². The lowest BCUT2D eigenvalue weighted by Gasteiger charge is -2.30. The zero-order valence-corrected chi connectivity index (χ0v) is 15.0. The van der Waals surface area contributed by atoms with Crippen LogP contribution in [0.1, 0.15) is 75.9 Å². The minimum atomic E-state index is -0.822. The number of hydrogen-bond donors (Lipinski definition) is 1. The summed E-state index contributed by atoms with van der Waals surface area (Å²) in [7, 11) is 0.